The Balaban J connectivity index is 1.39. The van der Waals surface area contributed by atoms with Gasteiger partial charge in [-0.05, 0) is 29.8 Å². The molecule has 6 nitrogen and oxygen atoms in total. The van der Waals surface area contributed by atoms with Gasteiger partial charge in [-0.25, -0.2) is 13.6 Å². The van der Waals surface area contributed by atoms with Gasteiger partial charge in [-0.3, -0.25) is 4.79 Å². The molecule has 148 valence electrons. The van der Waals surface area contributed by atoms with Gasteiger partial charge in [-0.2, -0.15) is 0 Å². The topological polar surface area (TPSA) is 64.7 Å². The average Bonchev–Trinajstić information content (AvgIpc) is 2.72. The molecule has 0 aliphatic carbocycles. The summed E-state index contributed by atoms with van der Waals surface area (Å²) in [6.45, 7) is 2.11. The zero-order valence-electron chi connectivity index (χ0n) is 15.3. The third-order valence-electron chi connectivity index (χ3n) is 4.59. The number of halogens is 2. The van der Waals surface area contributed by atoms with E-state index in [9.17, 15) is 18.4 Å². The number of piperazine rings is 1. The van der Waals surface area contributed by atoms with Crippen LogP contribution in [-0.2, 0) is 11.3 Å². The van der Waals surface area contributed by atoms with Crippen LogP contribution in [0.4, 0.5) is 19.3 Å². The molecule has 1 heterocycles. The van der Waals surface area contributed by atoms with Crippen molar-refractivity contribution in [1.82, 2.24) is 15.5 Å². The molecule has 1 fully saturated rings. The summed E-state index contributed by atoms with van der Waals surface area (Å²) >= 11 is 0. The van der Waals surface area contributed by atoms with Crippen LogP contribution in [0.5, 0.6) is 0 Å². The fourth-order valence-corrected chi connectivity index (χ4v) is 3.02. The number of hydrogen-bond donors (Lipinski definition) is 2. The first kappa shape index (κ1) is 19.6. The van der Waals surface area contributed by atoms with Crippen LogP contribution in [0.15, 0.2) is 48.5 Å². The molecule has 1 aliphatic heterocycles. The van der Waals surface area contributed by atoms with Crippen LogP contribution in [0, 0.1) is 11.6 Å². The lowest BCUT2D eigenvalue weighted by atomic mass is 10.2. The summed E-state index contributed by atoms with van der Waals surface area (Å²) in [6.07, 6.45) is 0. The van der Waals surface area contributed by atoms with Crippen LogP contribution >= 0.6 is 0 Å². The molecule has 0 atom stereocenters. The lowest BCUT2D eigenvalue weighted by Gasteiger charge is -2.36. The molecule has 2 N–H and O–H groups in total. The van der Waals surface area contributed by atoms with Gasteiger partial charge in [0.15, 0.2) is 0 Å². The van der Waals surface area contributed by atoms with Gasteiger partial charge in [0.05, 0.1) is 12.2 Å². The van der Waals surface area contributed by atoms with Crippen LogP contribution in [-0.4, -0.2) is 49.6 Å². The minimum absolute atomic E-state index is 0.116. The van der Waals surface area contributed by atoms with Crippen molar-refractivity contribution in [2.75, 3.05) is 37.6 Å². The van der Waals surface area contributed by atoms with Crippen LogP contribution < -0.4 is 15.5 Å². The highest BCUT2D eigenvalue weighted by Gasteiger charge is 2.22. The van der Waals surface area contributed by atoms with E-state index in [2.05, 4.69) is 10.6 Å². The molecule has 0 aromatic heterocycles. The van der Waals surface area contributed by atoms with Crippen molar-refractivity contribution < 1.29 is 18.4 Å². The van der Waals surface area contributed by atoms with Crippen molar-refractivity contribution in [2.45, 2.75) is 6.54 Å². The maximum Gasteiger partial charge on any atom is 0.315 e. The zero-order chi connectivity index (χ0) is 19.9. The number of carbonyl (C=O) groups excluding carboxylic acids is 2. The summed E-state index contributed by atoms with van der Waals surface area (Å²) in [7, 11) is 0. The van der Waals surface area contributed by atoms with Gasteiger partial charge in [-0.15, -0.1) is 0 Å². The second-order valence-electron chi connectivity index (χ2n) is 6.48. The first-order valence-electron chi connectivity index (χ1n) is 9.06. The van der Waals surface area contributed by atoms with E-state index in [4.69, 9.17) is 0 Å². The molecule has 0 spiro atoms. The Bertz CT molecular complexity index is 821. The average molecular weight is 388 g/mol. The van der Waals surface area contributed by atoms with E-state index in [1.165, 1.54) is 18.2 Å². The smallest absolute Gasteiger partial charge is 0.315 e. The number of benzene rings is 2. The van der Waals surface area contributed by atoms with Crippen LogP contribution in [0.3, 0.4) is 0 Å². The molecule has 0 bridgehead atoms. The molecule has 2 aromatic rings. The minimum atomic E-state index is -0.470. The fraction of sp³-hybridized carbons (Fsp3) is 0.300. The number of nitrogens with zero attached hydrogens (tertiary/aromatic N) is 2. The Hall–Kier alpha value is -3.16. The predicted molar refractivity (Wildman–Crippen MR) is 102 cm³/mol. The maximum absolute atomic E-state index is 13.9. The van der Waals surface area contributed by atoms with Crippen molar-refractivity contribution in [1.29, 1.82) is 0 Å². The van der Waals surface area contributed by atoms with Gasteiger partial charge >= 0.3 is 6.03 Å². The summed E-state index contributed by atoms with van der Waals surface area (Å²) < 4.78 is 26.7. The van der Waals surface area contributed by atoms with Crippen LogP contribution in [0.25, 0.3) is 0 Å². The summed E-state index contributed by atoms with van der Waals surface area (Å²) in [6, 6.07) is 11.9. The van der Waals surface area contributed by atoms with Gasteiger partial charge in [0.2, 0.25) is 5.91 Å². The molecule has 1 aliphatic rings. The largest absolute Gasteiger partial charge is 0.366 e. The quantitative estimate of drug-likeness (QED) is 0.825. The van der Waals surface area contributed by atoms with Crippen molar-refractivity contribution in [3.05, 3.63) is 65.7 Å². The Morgan fingerprint density at radius 2 is 1.57 bits per heavy atom. The number of anilines is 1. The van der Waals surface area contributed by atoms with Gasteiger partial charge in [0.25, 0.3) is 0 Å². The predicted octanol–water partition coefficient (Wildman–Crippen LogP) is 2.11. The molecule has 3 rings (SSSR count). The molecule has 0 unspecified atom stereocenters. The van der Waals surface area contributed by atoms with E-state index in [1.54, 1.807) is 35.2 Å². The van der Waals surface area contributed by atoms with E-state index in [-0.39, 0.29) is 30.6 Å². The summed E-state index contributed by atoms with van der Waals surface area (Å²) in [5.41, 5.74) is 1.29. The van der Waals surface area contributed by atoms with Gasteiger partial charge in [-0.1, -0.05) is 24.3 Å². The highest BCUT2D eigenvalue weighted by Crippen LogP contribution is 2.20. The van der Waals surface area contributed by atoms with E-state index < -0.39 is 6.03 Å². The van der Waals surface area contributed by atoms with Crippen molar-refractivity contribution in [2.24, 2.45) is 0 Å². The molecular weight excluding hydrogens is 366 g/mol. The van der Waals surface area contributed by atoms with Crippen molar-refractivity contribution >= 4 is 17.6 Å². The molecule has 8 heteroatoms. The second kappa shape index (κ2) is 9.16. The Morgan fingerprint density at radius 1 is 0.893 bits per heavy atom. The third kappa shape index (κ3) is 5.18. The van der Waals surface area contributed by atoms with E-state index in [1.807, 2.05) is 4.90 Å². The lowest BCUT2D eigenvalue weighted by Crippen LogP contribution is -2.52. The van der Waals surface area contributed by atoms with Crippen LogP contribution in [0.2, 0.25) is 0 Å². The number of para-hydroxylation sites is 1. The number of amides is 3. The SMILES string of the molecule is O=C(NCC(=O)N1CCN(c2ccccc2F)CC1)NCc1ccc(F)cc1. The monoisotopic (exact) mass is 388 g/mol. The Labute approximate surface area is 162 Å². The maximum atomic E-state index is 13.9. The third-order valence-corrected chi connectivity index (χ3v) is 4.59. The summed E-state index contributed by atoms with van der Waals surface area (Å²) in [4.78, 5) is 27.7. The Morgan fingerprint density at radius 3 is 2.25 bits per heavy atom. The highest BCUT2D eigenvalue weighted by molar-refractivity contribution is 5.84. The van der Waals surface area contributed by atoms with Gasteiger partial charge in [0, 0.05) is 32.7 Å². The van der Waals surface area contributed by atoms with E-state index in [0.29, 0.717) is 31.9 Å². The molecule has 0 radical (unpaired) electrons. The summed E-state index contributed by atoms with van der Waals surface area (Å²) in [5.74, 6) is -0.805. The minimum Gasteiger partial charge on any atom is -0.366 e. The summed E-state index contributed by atoms with van der Waals surface area (Å²) in [5, 5.41) is 5.14. The van der Waals surface area contributed by atoms with E-state index in [0.717, 1.165) is 5.56 Å². The number of nitrogens with one attached hydrogen (secondary N) is 2. The number of rotatable bonds is 5. The standard InChI is InChI=1S/C20H22F2N4O2/c21-16-7-5-15(6-8-16)13-23-20(28)24-14-19(27)26-11-9-25(10-12-26)18-4-2-1-3-17(18)22/h1-8H,9-14H2,(H2,23,24,28). The van der Waals surface area contributed by atoms with Gasteiger partial charge < -0.3 is 20.4 Å². The first-order chi connectivity index (χ1) is 13.5. The number of carbonyl (C=O) groups is 2. The fourth-order valence-electron chi connectivity index (χ4n) is 3.02. The van der Waals surface area contributed by atoms with Crippen LogP contribution in [0.1, 0.15) is 5.56 Å². The van der Waals surface area contributed by atoms with Gasteiger partial charge in [0.1, 0.15) is 11.6 Å². The lowest BCUT2D eigenvalue weighted by molar-refractivity contribution is -0.130. The second-order valence-corrected chi connectivity index (χ2v) is 6.48. The number of hydrogen-bond acceptors (Lipinski definition) is 3. The van der Waals surface area contributed by atoms with E-state index >= 15 is 0 Å². The molecule has 0 saturated carbocycles. The first-order valence-corrected chi connectivity index (χ1v) is 9.06. The molecular formula is C20H22F2N4O2. The Kier molecular flexibility index (Phi) is 6.41. The van der Waals surface area contributed by atoms with Crippen molar-refractivity contribution in [3.8, 4) is 0 Å². The normalized spacial score (nSPS) is 13.9. The highest BCUT2D eigenvalue weighted by atomic mass is 19.1. The molecule has 3 amide bonds. The molecule has 1 saturated heterocycles. The molecule has 28 heavy (non-hydrogen) atoms. The van der Waals surface area contributed by atoms with Crippen molar-refractivity contribution in [3.63, 3.8) is 0 Å². The molecule has 2 aromatic carbocycles. The number of urea groups is 1. The zero-order valence-corrected chi connectivity index (χ0v) is 15.3.